The van der Waals surface area contributed by atoms with Gasteiger partial charge in [0, 0.05) is 11.3 Å². The molecule has 2 rings (SSSR count). The number of carbonyl (C=O) groups is 2. The van der Waals surface area contributed by atoms with Crippen LogP contribution in [0.2, 0.25) is 0 Å². The number of hydrogen-bond acceptors (Lipinski definition) is 3. The van der Waals surface area contributed by atoms with Gasteiger partial charge in [0.15, 0.2) is 0 Å². The summed E-state index contributed by atoms with van der Waals surface area (Å²) in [5.41, 5.74) is 1.62. The number of carbonyl (C=O) groups excluding carboxylic acids is 1. The Labute approximate surface area is 172 Å². The molecule has 0 aliphatic carbocycles. The number of allylic oxidation sites excluding steroid dienone is 1. The Balaban J connectivity index is 0.000000483. The van der Waals surface area contributed by atoms with E-state index in [1.54, 1.807) is 36.9 Å². The number of rotatable bonds is 6. The van der Waals surface area contributed by atoms with E-state index in [9.17, 15) is 9.59 Å². The topological polar surface area (TPSA) is 66.4 Å². The second kappa shape index (κ2) is 14.3. The van der Waals surface area contributed by atoms with E-state index < -0.39 is 5.97 Å². The maximum atomic E-state index is 11.1. The van der Waals surface area contributed by atoms with Gasteiger partial charge in [-0.15, -0.1) is 0 Å². The van der Waals surface area contributed by atoms with Crippen LogP contribution in [0.25, 0.3) is 4.91 Å². The van der Waals surface area contributed by atoms with E-state index in [0.717, 1.165) is 9.81 Å². The Morgan fingerprint density at radius 3 is 2.04 bits per heavy atom. The van der Waals surface area contributed by atoms with Gasteiger partial charge < -0.3 is 10.4 Å². The number of benzene rings is 2. The summed E-state index contributed by atoms with van der Waals surface area (Å²) in [5.74, 6) is -1.24. The van der Waals surface area contributed by atoms with Crippen LogP contribution >= 0.6 is 11.8 Å². The van der Waals surface area contributed by atoms with E-state index in [-0.39, 0.29) is 11.5 Å². The lowest BCUT2D eigenvalue weighted by Gasteiger charge is -2.06. The molecule has 0 saturated heterocycles. The molecule has 1 amide bonds. The largest absolute Gasteiger partial charge is 0.478 e. The summed E-state index contributed by atoms with van der Waals surface area (Å²) < 4.78 is 0. The molecular weight excluding hydrogens is 370 g/mol. The van der Waals surface area contributed by atoms with Gasteiger partial charge in [0.05, 0.1) is 11.3 Å². The Morgan fingerprint density at radius 2 is 1.54 bits per heavy atom. The molecule has 0 spiro atoms. The van der Waals surface area contributed by atoms with Crippen LogP contribution in [0.3, 0.4) is 0 Å². The number of anilines is 1. The lowest BCUT2D eigenvalue weighted by atomic mass is 10.2. The fraction of sp³-hybridized carbons (Fsp3) is 0.217. The first-order valence-electron chi connectivity index (χ1n) is 9.05. The molecule has 2 N–H and O–H groups in total. The van der Waals surface area contributed by atoms with Crippen molar-refractivity contribution in [1.82, 2.24) is 0 Å². The average Bonchev–Trinajstić information content (AvgIpc) is 2.70. The highest BCUT2D eigenvalue weighted by Crippen LogP contribution is 2.30. The molecule has 2 aromatic rings. The number of carboxylic acid groups (broad SMARTS) is 1. The predicted molar refractivity (Wildman–Crippen MR) is 122 cm³/mol. The summed E-state index contributed by atoms with van der Waals surface area (Å²) in [4.78, 5) is 23.9. The number of para-hydroxylation sites is 1. The molecule has 0 atom stereocenters. The van der Waals surface area contributed by atoms with Gasteiger partial charge in [0.25, 0.3) is 0 Å². The van der Waals surface area contributed by atoms with Crippen molar-refractivity contribution in [2.75, 3.05) is 5.32 Å². The summed E-state index contributed by atoms with van der Waals surface area (Å²) in [6.45, 7) is 15.5. The van der Waals surface area contributed by atoms with Crippen molar-refractivity contribution in [2.24, 2.45) is 0 Å². The normalized spacial score (nSPS) is 9.00. The molecule has 0 aliphatic heterocycles. The van der Waals surface area contributed by atoms with Crippen LogP contribution in [0, 0.1) is 0 Å². The summed E-state index contributed by atoms with van der Waals surface area (Å²) in [5, 5.41) is 11.3. The van der Waals surface area contributed by atoms with Gasteiger partial charge in [-0.05, 0) is 29.5 Å². The molecule has 0 unspecified atom stereocenters. The number of amides is 1. The smallest absolute Gasteiger partial charge is 0.337 e. The van der Waals surface area contributed by atoms with Crippen molar-refractivity contribution in [3.05, 3.63) is 83.8 Å². The minimum Gasteiger partial charge on any atom is -0.478 e. The van der Waals surface area contributed by atoms with Crippen molar-refractivity contribution >= 4 is 34.2 Å². The van der Waals surface area contributed by atoms with Gasteiger partial charge in [-0.2, -0.15) is 0 Å². The molecule has 2 aromatic carbocycles. The van der Waals surface area contributed by atoms with E-state index in [4.69, 9.17) is 5.11 Å². The zero-order valence-corrected chi connectivity index (χ0v) is 17.8. The number of nitrogens with one attached hydrogen (secondary N) is 1. The maximum Gasteiger partial charge on any atom is 0.337 e. The fourth-order valence-electron chi connectivity index (χ4n) is 1.91. The number of carboxylic acids is 1. The lowest BCUT2D eigenvalue weighted by molar-refractivity contribution is -0.115. The van der Waals surface area contributed by atoms with E-state index in [1.165, 1.54) is 11.6 Å². The number of aromatic carboxylic acids is 1. The van der Waals surface area contributed by atoms with Gasteiger partial charge in [-0.3, -0.25) is 4.79 Å². The van der Waals surface area contributed by atoms with Gasteiger partial charge >= 0.3 is 5.97 Å². The van der Waals surface area contributed by atoms with Crippen molar-refractivity contribution in [1.29, 1.82) is 0 Å². The quantitative estimate of drug-likeness (QED) is 0.568. The number of hydrogen-bond donors (Lipinski definition) is 2. The Bertz CT molecular complexity index is 785. The van der Waals surface area contributed by atoms with E-state index in [1.807, 2.05) is 39.0 Å². The summed E-state index contributed by atoms with van der Waals surface area (Å²) in [7, 11) is 0. The number of thioether (sulfide) groups is 1. The Hall–Kier alpha value is -2.79. The summed E-state index contributed by atoms with van der Waals surface area (Å²) >= 11 is 1.62. The highest BCUT2D eigenvalue weighted by Gasteiger charge is 2.09. The SMILES string of the molecule is C=C(C)SC(=C)c1ccccc1.CC.CCC(=O)Nc1ccccc1C(=O)O. The molecule has 0 fully saturated rings. The van der Waals surface area contributed by atoms with Crippen molar-refractivity contribution in [2.45, 2.75) is 34.1 Å². The van der Waals surface area contributed by atoms with E-state index >= 15 is 0 Å². The Kier molecular flexibility index (Phi) is 12.9. The molecule has 0 aliphatic rings. The monoisotopic (exact) mass is 399 g/mol. The molecule has 5 heteroatoms. The van der Waals surface area contributed by atoms with Crippen LogP contribution in [0.15, 0.2) is 72.7 Å². The summed E-state index contributed by atoms with van der Waals surface area (Å²) in [6.07, 6.45) is 0.327. The first kappa shape index (κ1) is 25.2. The van der Waals surface area contributed by atoms with Crippen molar-refractivity contribution in [3.8, 4) is 0 Å². The second-order valence-corrected chi connectivity index (χ2v) is 6.74. The highest BCUT2D eigenvalue weighted by atomic mass is 32.2. The average molecular weight is 400 g/mol. The third-order valence-electron chi connectivity index (χ3n) is 3.15. The minimum atomic E-state index is -1.04. The van der Waals surface area contributed by atoms with E-state index in [2.05, 4.69) is 30.6 Å². The summed E-state index contributed by atoms with van der Waals surface area (Å²) in [6, 6.07) is 16.4. The van der Waals surface area contributed by atoms with Crippen LogP contribution in [0.4, 0.5) is 5.69 Å². The molecule has 0 bridgehead atoms. The van der Waals surface area contributed by atoms with Crippen LogP contribution in [-0.4, -0.2) is 17.0 Å². The second-order valence-electron chi connectivity index (χ2n) is 5.35. The van der Waals surface area contributed by atoms with Crippen LogP contribution in [0.5, 0.6) is 0 Å². The van der Waals surface area contributed by atoms with E-state index in [0.29, 0.717) is 12.1 Å². The standard InChI is InChI=1S/C11H12S.C10H11NO3.C2H6/c1-9(2)12-10(3)11-7-5-4-6-8-11;1-2-9(12)11-8-6-4-3-5-7(8)10(13)14;1-2/h4-8H,1,3H2,2H3;3-6H,2H2,1H3,(H,11,12)(H,13,14);1-2H3. The first-order valence-corrected chi connectivity index (χ1v) is 9.86. The van der Waals surface area contributed by atoms with Gasteiger partial charge in [-0.25, -0.2) is 4.79 Å². The Morgan fingerprint density at radius 1 is 1.00 bits per heavy atom. The zero-order chi connectivity index (χ0) is 21.5. The highest BCUT2D eigenvalue weighted by molar-refractivity contribution is 8.11. The fourth-order valence-corrected chi connectivity index (χ4v) is 2.59. The molecule has 28 heavy (non-hydrogen) atoms. The van der Waals surface area contributed by atoms with Crippen LogP contribution in [-0.2, 0) is 4.79 Å². The third kappa shape index (κ3) is 9.78. The van der Waals surface area contributed by atoms with Gasteiger partial charge in [0.2, 0.25) is 5.91 Å². The van der Waals surface area contributed by atoms with Crippen molar-refractivity contribution < 1.29 is 14.7 Å². The lowest BCUT2D eigenvalue weighted by Crippen LogP contribution is -2.12. The first-order chi connectivity index (χ1) is 13.3. The van der Waals surface area contributed by atoms with Crippen LogP contribution in [0.1, 0.15) is 50.0 Å². The van der Waals surface area contributed by atoms with Crippen LogP contribution < -0.4 is 5.32 Å². The predicted octanol–water partition coefficient (Wildman–Crippen LogP) is 6.68. The molecule has 4 nitrogen and oxygen atoms in total. The zero-order valence-electron chi connectivity index (χ0n) is 17.0. The molecule has 0 heterocycles. The molecule has 0 radical (unpaired) electrons. The molecule has 0 saturated carbocycles. The van der Waals surface area contributed by atoms with Crippen molar-refractivity contribution in [3.63, 3.8) is 0 Å². The van der Waals surface area contributed by atoms with Gasteiger partial charge in [0.1, 0.15) is 0 Å². The molecule has 0 aromatic heterocycles. The van der Waals surface area contributed by atoms with Gasteiger partial charge in [-0.1, -0.05) is 88.2 Å². The molecular formula is C23H29NO3S. The molecule has 150 valence electrons. The maximum absolute atomic E-state index is 11.1. The third-order valence-corrected chi connectivity index (χ3v) is 3.98. The minimum absolute atomic E-state index is 0.106.